The van der Waals surface area contributed by atoms with E-state index in [1.807, 2.05) is 6.92 Å². The summed E-state index contributed by atoms with van der Waals surface area (Å²) in [6, 6.07) is 0.0139. The highest BCUT2D eigenvalue weighted by atomic mass is 32.2. The number of carboxylic acids is 1. The lowest BCUT2D eigenvalue weighted by atomic mass is 10.0. The van der Waals surface area contributed by atoms with Crippen molar-refractivity contribution in [2.45, 2.75) is 32.2 Å². The quantitative estimate of drug-likeness (QED) is 0.791. The van der Waals surface area contributed by atoms with E-state index in [0.29, 0.717) is 6.54 Å². The monoisotopic (exact) mass is 261 g/mol. The van der Waals surface area contributed by atoms with Gasteiger partial charge in [-0.2, -0.15) is 0 Å². The summed E-state index contributed by atoms with van der Waals surface area (Å²) < 4.78 is 22.9. The van der Waals surface area contributed by atoms with Gasteiger partial charge in [-0.3, -0.25) is 9.69 Å². The van der Waals surface area contributed by atoms with Crippen LogP contribution in [-0.4, -0.2) is 55.0 Å². The van der Waals surface area contributed by atoms with Crippen molar-refractivity contribution in [2.24, 2.45) is 5.41 Å². The van der Waals surface area contributed by atoms with Crippen LogP contribution in [0.25, 0.3) is 0 Å². The Balaban J connectivity index is 1.94. The average molecular weight is 261 g/mol. The minimum atomic E-state index is -2.88. The number of carbonyl (C=O) groups is 1. The first-order chi connectivity index (χ1) is 7.82. The molecule has 1 heterocycles. The molecular weight excluding hydrogens is 242 g/mol. The molecule has 1 saturated heterocycles. The third-order valence-corrected chi connectivity index (χ3v) is 5.62. The van der Waals surface area contributed by atoms with Gasteiger partial charge in [0.05, 0.1) is 17.9 Å². The third-order valence-electron chi connectivity index (χ3n) is 3.83. The Bertz CT molecular complexity index is 413. The normalized spacial score (nSPS) is 31.0. The number of sulfone groups is 1. The molecule has 0 spiro atoms. The Morgan fingerprint density at radius 1 is 1.47 bits per heavy atom. The van der Waals surface area contributed by atoms with Crippen LogP contribution in [0.1, 0.15) is 26.2 Å². The largest absolute Gasteiger partial charge is 0.481 e. The number of hydrogen-bond acceptors (Lipinski definition) is 4. The van der Waals surface area contributed by atoms with E-state index in [2.05, 4.69) is 4.90 Å². The van der Waals surface area contributed by atoms with E-state index in [9.17, 15) is 13.2 Å². The maximum absolute atomic E-state index is 11.4. The van der Waals surface area contributed by atoms with Crippen molar-refractivity contribution in [1.82, 2.24) is 4.90 Å². The van der Waals surface area contributed by atoms with Crippen molar-refractivity contribution in [1.29, 1.82) is 0 Å². The van der Waals surface area contributed by atoms with E-state index in [1.165, 1.54) is 0 Å². The molecule has 1 aliphatic heterocycles. The molecule has 1 atom stereocenters. The summed E-state index contributed by atoms with van der Waals surface area (Å²) in [5.41, 5.74) is -0.0821. The van der Waals surface area contributed by atoms with Crippen molar-refractivity contribution < 1.29 is 18.3 Å². The molecule has 5 nitrogen and oxygen atoms in total. The van der Waals surface area contributed by atoms with Gasteiger partial charge in [0.15, 0.2) is 9.84 Å². The van der Waals surface area contributed by atoms with Gasteiger partial charge >= 0.3 is 5.97 Å². The fraction of sp³-hybridized carbons (Fsp3) is 0.909. The molecule has 98 valence electrons. The summed E-state index contributed by atoms with van der Waals surface area (Å²) in [6.07, 6.45) is 2.12. The van der Waals surface area contributed by atoms with E-state index in [0.717, 1.165) is 19.4 Å². The molecule has 6 heteroatoms. The zero-order valence-corrected chi connectivity index (χ0v) is 10.9. The third kappa shape index (κ3) is 3.19. The SMILES string of the molecule is CC1CS(=O)(=O)CCN1CC1(CC(=O)O)CC1. The number of carboxylic acid groups (broad SMARTS) is 1. The van der Waals surface area contributed by atoms with Gasteiger partial charge in [-0.15, -0.1) is 0 Å². The van der Waals surface area contributed by atoms with Gasteiger partial charge in [0.1, 0.15) is 0 Å². The summed E-state index contributed by atoms with van der Waals surface area (Å²) in [4.78, 5) is 12.9. The Morgan fingerprint density at radius 3 is 2.59 bits per heavy atom. The maximum atomic E-state index is 11.4. The molecule has 0 bridgehead atoms. The lowest BCUT2D eigenvalue weighted by molar-refractivity contribution is -0.138. The first-order valence-corrected chi connectivity index (χ1v) is 7.80. The van der Waals surface area contributed by atoms with E-state index in [-0.39, 0.29) is 29.4 Å². The predicted octanol–water partition coefficient (Wildman–Crippen LogP) is 0.360. The van der Waals surface area contributed by atoms with Gasteiger partial charge in [0, 0.05) is 19.1 Å². The standard InChI is InChI=1S/C11H19NO4S/c1-9-7-17(15,16)5-4-12(9)8-11(2-3-11)6-10(13)14/h9H,2-8H2,1H3,(H,13,14). The second kappa shape index (κ2) is 4.24. The number of hydrogen-bond donors (Lipinski definition) is 1. The van der Waals surface area contributed by atoms with Crippen LogP contribution in [0.15, 0.2) is 0 Å². The lowest BCUT2D eigenvalue weighted by Gasteiger charge is -2.35. The Morgan fingerprint density at radius 2 is 2.12 bits per heavy atom. The van der Waals surface area contributed by atoms with Crippen LogP contribution in [0.2, 0.25) is 0 Å². The van der Waals surface area contributed by atoms with E-state index in [4.69, 9.17) is 5.11 Å². The van der Waals surface area contributed by atoms with E-state index in [1.54, 1.807) is 0 Å². The van der Waals surface area contributed by atoms with Crippen molar-refractivity contribution >= 4 is 15.8 Å². The second-order valence-corrected chi connectivity index (χ2v) is 7.73. The van der Waals surface area contributed by atoms with Crippen LogP contribution in [0.4, 0.5) is 0 Å². The van der Waals surface area contributed by atoms with Crippen LogP contribution in [0.5, 0.6) is 0 Å². The Hall–Kier alpha value is -0.620. The predicted molar refractivity (Wildman–Crippen MR) is 63.6 cm³/mol. The Labute approximate surface area is 102 Å². The van der Waals surface area contributed by atoms with Crippen LogP contribution in [0.3, 0.4) is 0 Å². The summed E-state index contributed by atoms with van der Waals surface area (Å²) in [7, 11) is -2.88. The maximum Gasteiger partial charge on any atom is 0.303 e. The molecule has 0 aromatic heterocycles. The molecule has 1 aliphatic carbocycles. The minimum Gasteiger partial charge on any atom is -0.481 e. The van der Waals surface area contributed by atoms with Gasteiger partial charge in [-0.05, 0) is 25.2 Å². The van der Waals surface area contributed by atoms with Crippen LogP contribution in [0, 0.1) is 5.41 Å². The molecule has 1 unspecified atom stereocenters. The van der Waals surface area contributed by atoms with Gasteiger partial charge in [0.25, 0.3) is 0 Å². The van der Waals surface area contributed by atoms with Crippen LogP contribution < -0.4 is 0 Å². The summed E-state index contributed by atoms with van der Waals surface area (Å²) in [6.45, 7) is 3.19. The molecular formula is C11H19NO4S. The zero-order chi connectivity index (χ0) is 12.7. The molecule has 1 N–H and O–H groups in total. The molecule has 0 aromatic carbocycles. The first-order valence-electron chi connectivity index (χ1n) is 5.98. The minimum absolute atomic E-state index is 0.0139. The van der Waals surface area contributed by atoms with Gasteiger partial charge in [0.2, 0.25) is 0 Å². The summed E-state index contributed by atoms with van der Waals surface area (Å²) >= 11 is 0. The smallest absolute Gasteiger partial charge is 0.303 e. The Kier molecular flexibility index (Phi) is 3.20. The van der Waals surface area contributed by atoms with Crippen molar-refractivity contribution in [3.63, 3.8) is 0 Å². The highest BCUT2D eigenvalue weighted by Crippen LogP contribution is 2.49. The molecule has 17 heavy (non-hydrogen) atoms. The second-order valence-electron chi connectivity index (χ2n) is 5.50. The van der Waals surface area contributed by atoms with Gasteiger partial charge in [-0.1, -0.05) is 0 Å². The van der Waals surface area contributed by atoms with Crippen molar-refractivity contribution in [2.75, 3.05) is 24.6 Å². The zero-order valence-electron chi connectivity index (χ0n) is 10.1. The lowest BCUT2D eigenvalue weighted by Crippen LogP contribution is -2.49. The number of rotatable bonds is 4. The molecule has 2 aliphatic rings. The summed E-state index contributed by atoms with van der Waals surface area (Å²) in [5, 5.41) is 8.85. The number of aliphatic carboxylic acids is 1. The molecule has 0 radical (unpaired) electrons. The highest BCUT2D eigenvalue weighted by Gasteiger charge is 2.46. The number of nitrogens with zero attached hydrogens (tertiary/aromatic N) is 1. The molecule has 0 aromatic rings. The van der Waals surface area contributed by atoms with Crippen molar-refractivity contribution in [3.8, 4) is 0 Å². The van der Waals surface area contributed by atoms with E-state index >= 15 is 0 Å². The van der Waals surface area contributed by atoms with Crippen LogP contribution >= 0.6 is 0 Å². The summed E-state index contributed by atoms with van der Waals surface area (Å²) in [5.74, 6) is -0.337. The fourth-order valence-corrected chi connectivity index (χ4v) is 4.21. The van der Waals surface area contributed by atoms with E-state index < -0.39 is 15.8 Å². The highest BCUT2D eigenvalue weighted by molar-refractivity contribution is 7.91. The van der Waals surface area contributed by atoms with Crippen molar-refractivity contribution in [3.05, 3.63) is 0 Å². The average Bonchev–Trinajstić information content (AvgIpc) is 2.89. The van der Waals surface area contributed by atoms with Crippen LogP contribution in [-0.2, 0) is 14.6 Å². The molecule has 2 fully saturated rings. The van der Waals surface area contributed by atoms with Gasteiger partial charge < -0.3 is 5.11 Å². The first kappa shape index (κ1) is 12.8. The van der Waals surface area contributed by atoms with Gasteiger partial charge in [-0.25, -0.2) is 8.42 Å². The molecule has 2 rings (SSSR count). The topological polar surface area (TPSA) is 74.7 Å². The molecule has 1 saturated carbocycles. The fourth-order valence-electron chi connectivity index (χ4n) is 2.59. The molecule has 0 amide bonds.